The Morgan fingerprint density at radius 2 is 1.72 bits per heavy atom. The number of carbonyl (C=O) groups excluding carboxylic acids is 5. The minimum Gasteiger partial charge on any atom is -0.446 e. The number of benzene rings is 1. The second kappa shape index (κ2) is 14.0. The number of carbonyl (C=O) groups is 5. The standard InChI is InChI=1S/C35H49N5O7/c1-6-9-25(28(41)31(43)36-23-16-17-23)37-30(42)27-19-35(18-26(39-47-35)22-14-12-21(2)13-15-22)20-40(27)32(44)29(34(3,4)5)38-33(45)46-24-10-7-8-11-24/h12-15,18,23-25,27,29,39H,6-11,16-17,19-20H2,1-5H3,(H,36,43)(H,37,42)(H,38,45)/t25-,27-,29+,35+/m0/s1. The van der Waals surface area contributed by atoms with Gasteiger partial charge in [-0.05, 0) is 68.9 Å². The molecule has 4 amide bonds. The Hall–Kier alpha value is -3.93. The molecule has 1 saturated heterocycles. The molecular formula is C35H49N5O7. The number of alkyl carbamates (subject to hydrolysis) is 1. The molecule has 256 valence electrons. The normalized spacial score (nSPS) is 23.9. The van der Waals surface area contributed by atoms with Gasteiger partial charge in [-0.2, -0.15) is 0 Å². The van der Waals surface area contributed by atoms with Crippen molar-refractivity contribution in [3.05, 3.63) is 41.5 Å². The van der Waals surface area contributed by atoms with Crippen LogP contribution in [0.4, 0.5) is 4.79 Å². The molecule has 2 aliphatic heterocycles. The Morgan fingerprint density at radius 3 is 2.34 bits per heavy atom. The largest absolute Gasteiger partial charge is 0.446 e. The van der Waals surface area contributed by atoms with Crippen LogP contribution < -0.4 is 21.4 Å². The average Bonchev–Trinajstić information content (AvgIpc) is 3.37. The number of rotatable bonds is 11. The number of hydroxylamine groups is 1. The van der Waals surface area contributed by atoms with E-state index in [1.54, 1.807) is 0 Å². The maximum atomic E-state index is 14.4. The number of hydrogen-bond donors (Lipinski definition) is 4. The van der Waals surface area contributed by atoms with Crippen molar-refractivity contribution in [2.75, 3.05) is 6.54 Å². The van der Waals surface area contributed by atoms with E-state index >= 15 is 0 Å². The number of amides is 4. The lowest BCUT2D eigenvalue weighted by molar-refractivity contribution is -0.144. The molecule has 4 aliphatic rings. The summed E-state index contributed by atoms with van der Waals surface area (Å²) in [5.41, 5.74) is 3.90. The predicted octanol–water partition coefficient (Wildman–Crippen LogP) is 3.43. The molecule has 12 nitrogen and oxygen atoms in total. The van der Waals surface area contributed by atoms with Gasteiger partial charge < -0.3 is 25.6 Å². The van der Waals surface area contributed by atoms with Gasteiger partial charge in [0.25, 0.3) is 5.91 Å². The molecule has 0 bridgehead atoms. The SMILES string of the molecule is CCC[C@H](NC(=O)[C@@H]1C[C@]2(C=C(c3ccc(C)cc3)NO2)CN1C(=O)[C@@H](NC(=O)OC1CCCC1)C(C)(C)C)C(=O)C(=O)NC1CC1. The number of nitrogens with zero attached hydrogens (tertiary/aromatic N) is 1. The second-order valence-electron chi connectivity index (χ2n) is 14.6. The third-order valence-corrected chi connectivity index (χ3v) is 9.37. The minimum absolute atomic E-state index is 0.00375. The fraction of sp³-hybridized carbons (Fsp3) is 0.629. The van der Waals surface area contributed by atoms with Gasteiger partial charge in [0.1, 0.15) is 23.8 Å². The Kier molecular flexibility index (Phi) is 10.3. The molecule has 47 heavy (non-hydrogen) atoms. The highest BCUT2D eigenvalue weighted by molar-refractivity contribution is 6.38. The highest BCUT2D eigenvalue weighted by Gasteiger charge is 2.54. The third kappa shape index (κ3) is 8.33. The van der Waals surface area contributed by atoms with Crippen LogP contribution in [0.2, 0.25) is 0 Å². The van der Waals surface area contributed by atoms with Crippen molar-refractivity contribution in [2.24, 2.45) is 5.41 Å². The Bertz CT molecular complexity index is 1390. The topological polar surface area (TPSA) is 155 Å². The van der Waals surface area contributed by atoms with Crippen LogP contribution in [0.1, 0.15) is 96.6 Å². The van der Waals surface area contributed by atoms with E-state index in [9.17, 15) is 24.0 Å². The molecular weight excluding hydrogens is 602 g/mol. The zero-order valence-corrected chi connectivity index (χ0v) is 28.1. The molecule has 12 heteroatoms. The monoisotopic (exact) mass is 651 g/mol. The van der Waals surface area contributed by atoms with Gasteiger partial charge in [-0.1, -0.05) is 63.9 Å². The zero-order chi connectivity index (χ0) is 33.9. The fourth-order valence-corrected chi connectivity index (χ4v) is 6.49. The molecule has 1 aromatic rings. The van der Waals surface area contributed by atoms with E-state index < -0.39 is 58.7 Å². The van der Waals surface area contributed by atoms with Gasteiger partial charge >= 0.3 is 6.09 Å². The summed E-state index contributed by atoms with van der Waals surface area (Å²) in [6, 6.07) is 4.78. The van der Waals surface area contributed by atoms with E-state index in [1.807, 2.05) is 65.0 Å². The van der Waals surface area contributed by atoms with Gasteiger partial charge in [0, 0.05) is 12.5 Å². The molecule has 1 spiro atoms. The Morgan fingerprint density at radius 1 is 1.04 bits per heavy atom. The molecule has 2 heterocycles. The number of aryl methyl sites for hydroxylation is 1. The summed E-state index contributed by atoms with van der Waals surface area (Å²) in [5, 5.41) is 8.29. The minimum atomic E-state index is -1.06. The van der Waals surface area contributed by atoms with E-state index in [1.165, 1.54) is 4.90 Å². The van der Waals surface area contributed by atoms with Crippen molar-refractivity contribution in [1.82, 2.24) is 26.3 Å². The summed E-state index contributed by atoms with van der Waals surface area (Å²) >= 11 is 0. The van der Waals surface area contributed by atoms with Crippen molar-refractivity contribution in [2.45, 2.75) is 128 Å². The van der Waals surface area contributed by atoms with Gasteiger partial charge in [0.15, 0.2) is 0 Å². The number of ether oxygens (including phenoxy) is 1. The highest BCUT2D eigenvalue weighted by Crippen LogP contribution is 2.39. The molecule has 0 unspecified atom stereocenters. The molecule has 4 atom stereocenters. The molecule has 4 N–H and O–H groups in total. The fourth-order valence-electron chi connectivity index (χ4n) is 6.49. The van der Waals surface area contributed by atoms with Gasteiger partial charge in [-0.3, -0.25) is 29.5 Å². The maximum absolute atomic E-state index is 14.4. The molecule has 0 aromatic heterocycles. The van der Waals surface area contributed by atoms with E-state index in [-0.39, 0.29) is 31.5 Å². The van der Waals surface area contributed by atoms with Gasteiger partial charge in [-0.15, -0.1) is 0 Å². The van der Waals surface area contributed by atoms with Gasteiger partial charge in [-0.25, -0.2) is 4.79 Å². The van der Waals surface area contributed by atoms with Crippen molar-refractivity contribution in [3.63, 3.8) is 0 Å². The molecule has 3 fully saturated rings. The first-order valence-electron chi connectivity index (χ1n) is 16.9. The van der Waals surface area contributed by atoms with Crippen LogP contribution in [0.5, 0.6) is 0 Å². The average molecular weight is 652 g/mol. The van der Waals surface area contributed by atoms with Crippen LogP contribution in [-0.2, 0) is 28.8 Å². The number of hydrogen-bond acceptors (Lipinski definition) is 8. The predicted molar refractivity (Wildman–Crippen MR) is 174 cm³/mol. The summed E-state index contributed by atoms with van der Waals surface area (Å²) in [5.74, 6) is -2.46. The van der Waals surface area contributed by atoms with Crippen molar-refractivity contribution in [1.29, 1.82) is 0 Å². The number of Topliss-reactive ketones (excluding diaryl/α,β-unsaturated/α-hetero) is 1. The van der Waals surface area contributed by atoms with E-state index in [0.717, 1.165) is 49.7 Å². The van der Waals surface area contributed by atoms with Crippen LogP contribution in [0.25, 0.3) is 5.70 Å². The maximum Gasteiger partial charge on any atom is 0.408 e. The van der Waals surface area contributed by atoms with E-state index in [4.69, 9.17) is 9.57 Å². The first kappa shape index (κ1) is 34.4. The lowest BCUT2D eigenvalue weighted by atomic mass is 9.85. The molecule has 2 aliphatic carbocycles. The van der Waals surface area contributed by atoms with Crippen molar-refractivity contribution in [3.8, 4) is 0 Å². The third-order valence-electron chi connectivity index (χ3n) is 9.37. The van der Waals surface area contributed by atoms with Crippen LogP contribution in [0.3, 0.4) is 0 Å². The van der Waals surface area contributed by atoms with Crippen molar-refractivity contribution < 1.29 is 33.5 Å². The summed E-state index contributed by atoms with van der Waals surface area (Å²) in [6.45, 7) is 9.40. The van der Waals surface area contributed by atoms with Crippen LogP contribution in [0.15, 0.2) is 30.3 Å². The summed E-state index contributed by atoms with van der Waals surface area (Å²) in [7, 11) is 0. The van der Waals surface area contributed by atoms with Crippen molar-refractivity contribution >= 4 is 35.3 Å². The summed E-state index contributed by atoms with van der Waals surface area (Å²) in [6.07, 6.45) is 7.15. The van der Waals surface area contributed by atoms with Gasteiger partial charge in [0.05, 0.1) is 18.3 Å². The lowest BCUT2D eigenvalue weighted by Crippen LogP contribution is -2.59. The Balaban J connectivity index is 1.41. The molecule has 5 rings (SSSR count). The summed E-state index contributed by atoms with van der Waals surface area (Å²) < 4.78 is 5.63. The number of likely N-dealkylation sites (tertiary alicyclic amines) is 1. The van der Waals surface area contributed by atoms with Crippen LogP contribution in [0, 0.1) is 12.3 Å². The smallest absolute Gasteiger partial charge is 0.408 e. The van der Waals surface area contributed by atoms with E-state index in [0.29, 0.717) is 12.1 Å². The first-order chi connectivity index (χ1) is 22.3. The summed E-state index contributed by atoms with van der Waals surface area (Å²) in [4.78, 5) is 74.8. The second-order valence-corrected chi connectivity index (χ2v) is 14.6. The zero-order valence-electron chi connectivity index (χ0n) is 28.1. The molecule has 0 radical (unpaired) electrons. The first-order valence-corrected chi connectivity index (χ1v) is 16.9. The van der Waals surface area contributed by atoms with Crippen LogP contribution in [-0.4, -0.2) is 76.9 Å². The number of ketones is 1. The molecule has 1 aromatic carbocycles. The number of nitrogens with one attached hydrogen (secondary N) is 4. The quantitative estimate of drug-likeness (QED) is 0.266. The van der Waals surface area contributed by atoms with Crippen LogP contribution >= 0.6 is 0 Å². The van der Waals surface area contributed by atoms with Gasteiger partial charge in [0.2, 0.25) is 17.6 Å². The lowest BCUT2D eigenvalue weighted by Gasteiger charge is -2.35. The Labute approximate surface area is 276 Å². The van der Waals surface area contributed by atoms with E-state index in [2.05, 4.69) is 21.4 Å². The molecule has 2 saturated carbocycles. The highest BCUT2D eigenvalue weighted by atomic mass is 16.7.